The topological polar surface area (TPSA) is 69.6 Å². The molecule has 0 aromatic rings. The Kier molecular flexibility index (Phi) is 56.7. The molecule has 0 aromatic heterocycles. The first-order chi connectivity index (χ1) is 32.7. The molecule has 0 aliphatic carbocycles. The summed E-state index contributed by atoms with van der Waals surface area (Å²) in [6.07, 6.45) is 79.3. The van der Waals surface area contributed by atoms with Crippen molar-refractivity contribution in [2.75, 3.05) is 6.61 Å². The zero-order valence-corrected chi connectivity index (χ0v) is 45.0. The van der Waals surface area contributed by atoms with Crippen molar-refractivity contribution >= 4 is 5.91 Å². The van der Waals surface area contributed by atoms with E-state index in [0.717, 1.165) is 38.5 Å². The molecule has 0 radical (unpaired) electrons. The maximum atomic E-state index is 12.4. The number of nitrogens with one attached hydrogen (secondary N) is 1. The van der Waals surface area contributed by atoms with Crippen molar-refractivity contribution < 1.29 is 15.0 Å². The summed E-state index contributed by atoms with van der Waals surface area (Å²) < 4.78 is 0. The zero-order chi connectivity index (χ0) is 47.7. The van der Waals surface area contributed by atoms with Gasteiger partial charge in [0, 0.05) is 6.42 Å². The summed E-state index contributed by atoms with van der Waals surface area (Å²) in [5.41, 5.74) is 0. The van der Waals surface area contributed by atoms with Gasteiger partial charge in [0.1, 0.15) is 0 Å². The van der Waals surface area contributed by atoms with Gasteiger partial charge >= 0.3 is 0 Å². The van der Waals surface area contributed by atoms with Gasteiger partial charge in [0.2, 0.25) is 5.91 Å². The van der Waals surface area contributed by atoms with Gasteiger partial charge in [-0.25, -0.2) is 0 Å². The number of carbonyl (C=O) groups excluding carboxylic acids is 1. The minimum absolute atomic E-state index is 0.0731. The quantitative estimate of drug-likeness (QED) is 0.0420. The van der Waals surface area contributed by atoms with Gasteiger partial charge in [-0.1, -0.05) is 320 Å². The van der Waals surface area contributed by atoms with Gasteiger partial charge in [-0.2, -0.15) is 0 Å². The predicted molar refractivity (Wildman–Crippen MR) is 295 cm³/mol. The lowest BCUT2D eigenvalue weighted by atomic mass is 10.0. The molecular weight excluding hydrogens is 807 g/mol. The van der Waals surface area contributed by atoms with E-state index < -0.39 is 12.1 Å². The van der Waals surface area contributed by atoms with Crippen LogP contribution in [0.1, 0.15) is 335 Å². The first kappa shape index (κ1) is 64.6. The smallest absolute Gasteiger partial charge is 0.220 e. The highest BCUT2D eigenvalue weighted by Gasteiger charge is 2.18. The van der Waals surface area contributed by atoms with E-state index in [0.29, 0.717) is 6.42 Å². The maximum Gasteiger partial charge on any atom is 0.220 e. The molecule has 4 heteroatoms. The van der Waals surface area contributed by atoms with Crippen molar-refractivity contribution in [2.45, 2.75) is 347 Å². The van der Waals surface area contributed by atoms with E-state index in [1.165, 1.54) is 276 Å². The molecule has 0 spiro atoms. The molecule has 2 atom stereocenters. The first-order valence-electron chi connectivity index (χ1n) is 30.2. The fourth-order valence-corrected chi connectivity index (χ4v) is 9.51. The van der Waals surface area contributed by atoms with E-state index in [-0.39, 0.29) is 12.5 Å². The summed E-state index contributed by atoms with van der Waals surface area (Å²) in [6.45, 7) is 4.30. The molecule has 0 aromatic carbocycles. The Labute approximate surface area is 414 Å². The van der Waals surface area contributed by atoms with E-state index in [9.17, 15) is 15.0 Å². The summed E-state index contributed by atoms with van der Waals surface area (Å²) in [5.74, 6) is -0.0731. The van der Waals surface area contributed by atoms with E-state index in [1.807, 2.05) is 6.08 Å². The summed E-state index contributed by atoms with van der Waals surface area (Å²) in [7, 11) is 0. The van der Waals surface area contributed by atoms with Crippen LogP contribution in [0.15, 0.2) is 36.5 Å². The lowest BCUT2D eigenvalue weighted by molar-refractivity contribution is -0.123. The second-order valence-corrected chi connectivity index (χ2v) is 20.8. The number of allylic oxidation sites excluding steroid dienone is 5. The highest BCUT2D eigenvalue weighted by Crippen LogP contribution is 2.18. The largest absolute Gasteiger partial charge is 0.394 e. The summed E-state index contributed by atoms with van der Waals surface area (Å²) in [6, 6.07) is -0.643. The van der Waals surface area contributed by atoms with Crippen LogP contribution in [0, 0.1) is 0 Å². The second-order valence-electron chi connectivity index (χ2n) is 20.8. The SMILES string of the molecule is CCCCCC/C=C/CC/C=C/CC/C=C/C(O)C(CO)NC(=O)CCCCCCCCCCCCCCCCCCCCCCCCCCCCCCCCCCCCCCCCCC. The van der Waals surface area contributed by atoms with Crippen LogP contribution < -0.4 is 5.32 Å². The number of carbonyl (C=O) groups is 1. The van der Waals surface area contributed by atoms with Gasteiger partial charge in [0.25, 0.3) is 0 Å². The van der Waals surface area contributed by atoms with Crippen LogP contribution in [0.2, 0.25) is 0 Å². The molecule has 0 heterocycles. The maximum absolute atomic E-state index is 12.4. The molecule has 0 bridgehead atoms. The molecule has 0 aliphatic rings. The Morgan fingerprint density at radius 1 is 0.348 bits per heavy atom. The molecule has 0 fully saturated rings. The third kappa shape index (κ3) is 53.6. The number of hydrogen-bond donors (Lipinski definition) is 3. The highest BCUT2D eigenvalue weighted by molar-refractivity contribution is 5.76. The molecule has 4 nitrogen and oxygen atoms in total. The Hall–Kier alpha value is -1.39. The van der Waals surface area contributed by atoms with Crippen LogP contribution in [0.3, 0.4) is 0 Å². The van der Waals surface area contributed by atoms with Crippen molar-refractivity contribution in [3.8, 4) is 0 Å². The lowest BCUT2D eigenvalue weighted by Crippen LogP contribution is -2.45. The van der Waals surface area contributed by atoms with E-state index in [2.05, 4.69) is 43.5 Å². The van der Waals surface area contributed by atoms with Gasteiger partial charge in [-0.05, 0) is 44.9 Å². The molecule has 0 saturated heterocycles. The fraction of sp³-hybridized carbons (Fsp3) is 0.887. The summed E-state index contributed by atoms with van der Waals surface area (Å²) in [4.78, 5) is 12.4. The highest BCUT2D eigenvalue weighted by atomic mass is 16.3. The van der Waals surface area contributed by atoms with Crippen molar-refractivity contribution in [1.82, 2.24) is 5.32 Å². The van der Waals surface area contributed by atoms with Crippen LogP contribution in [0.5, 0.6) is 0 Å². The summed E-state index contributed by atoms with van der Waals surface area (Å²) in [5, 5.41) is 23.1. The standard InChI is InChI=1S/C62H119NO3/c1-3-5-7-9-11-13-15-17-19-20-21-22-23-24-25-26-27-28-29-30-31-32-33-34-35-36-37-38-39-40-41-42-43-44-46-48-50-52-54-56-58-62(66)63-60(59-64)61(65)57-55-53-51-49-47-45-18-16-14-12-10-8-6-4-2/h14,16,47,49,55,57,60-61,64-65H,3-13,15,17-46,48,50-54,56,58-59H2,1-2H3,(H,63,66)/b16-14+,49-47+,57-55+. The monoisotopic (exact) mass is 926 g/mol. The van der Waals surface area contributed by atoms with Gasteiger partial charge in [0.05, 0.1) is 18.8 Å². The Morgan fingerprint density at radius 3 is 0.879 bits per heavy atom. The summed E-state index contributed by atoms with van der Waals surface area (Å²) >= 11 is 0. The van der Waals surface area contributed by atoms with Crippen LogP contribution in [-0.4, -0.2) is 34.9 Å². The Balaban J connectivity index is 3.36. The first-order valence-corrected chi connectivity index (χ1v) is 30.2. The third-order valence-electron chi connectivity index (χ3n) is 14.1. The van der Waals surface area contributed by atoms with Crippen molar-refractivity contribution in [3.63, 3.8) is 0 Å². The average Bonchev–Trinajstić information content (AvgIpc) is 3.32. The normalized spacial score (nSPS) is 13.0. The average molecular weight is 927 g/mol. The molecule has 0 rings (SSSR count). The van der Waals surface area contributed by atoms with Crippen molar-refractivity contribution in [1.29, 1.82) is 0 Å². The number of rotatable bonds is 56. The molecule has 0 saturated carbocycles. The predicted octanol–water partition coefficient (Wildman–Crippen LogP) is 20.0. The van der Waals surface area contributed by atoms with Crippen LogP contribution in [-0.2, 0) is 4.79 Å². The van der Waals surface area contributed by atoms with Crippen molar-refractivity contribution in [3.05, 3.63) is 36.5 Å². The molecule has 1 amide bonds. The second kappa shape index (κ2) is 57.9. The third-order valence-corrected chi connectivity index (χ3v) is 14.1. The van der Waals surface area contributed by atoms with Gasteiger partial charge in [-0.15, -0.1) is 0 Å². The van der Waals surface area contributed by atoms with E-state index >= 15 is 0 Å². The zero-order valence-electron chi connectivity index (χ0n) is 45.0. The van der Waals surface area contributed by atoms with Gasteiger partial charge < -0.3 is 15.5 Å². The lowest BCUT2D eigenvalue weighted by Gasteiger charge is -2.19. The van der Waals surface area contributed by atoms with Crippen molar-refractivity contribution in [2.24, 2.45) is 0 Å². The molecular formula is C62H119NO3. The minimum Gasteiger partial charge on any atom is -0.394 e. The van der Waals surface area contributed by atoms with E-state index in [4.69, 9.17) is 0 Å². The molecule has 390 valence electrons. The van der Waals surface area contributed by atoms with Gasteiger partial charge in [-0.3, -0.25) is 4.79 Å². The number of aliphatic hydroxyl groups excluding tert-OH is 2. The number of unbranched alkanes of at least 4 members (excludes halogenated alkanes) is 45. The van der Waals surface area contributed by atoms with Crippen LogP contribution in [0.4, 0.5) is 0 Å². The van der Waals surface area contributed by atoms with E-state index in [1.54, 1.807) is 6.08 Å². The number of aliphatic hydroxyl groups is 2. The fourth-order valence-electron chi connectivity index (χ4n) is 9.51. The minimum atomic E-state index is -0.868. The Bertz CT molecular complexity index is 1010. The van der Waals surface area contributed by atoms with Gasteiger partial charge in [0.15, 0.2) is 0 Å². The molecule has 66 heavy (non-hydrogen) atoms. The molecule has 3 N–H and O–H groups in total. The van der Waals surface area contributed by atoms with Crippen LogP contribution in [0.25, 0.3) is 0 Å². The Morgan fingerprint density at radius 2 is 0.591 bits per heavy atom. The number of hydrogen-bond acceptors (Lipinski definition) is 3. The molecule has 2 unspecified atom stereocenters. The van der Waals surface area contributed by atoms with Crippen LogP contribution >= 0.6 is 0 Å². The number of amides is 1. The molecule has 0 aliphatic heterocycles.